The molecular formula is C8H18N2O2. The van der Waals surface area contributed by atoms with Gasteiger partial charge in [0.1, 0.15) is 0 Å². The number of rotatable bonds is 4. The van der Waals surface area contributed by atoms with E-state index in [1.54, 1.807) is 0 Å². The summed E-state index contributed by atoms with van der Waals surface area (Å²) >= 11 is 0. The van der Waals surface area contributed by atoms with Crippen LogP contribution in [0, 0.1) is 0 Å². The van der Waals surface area contributed by atoms with E-state index in [1.807, 2.05) is 0 Å². The standard InChI is InChI=1S/C8H18N2O2/c9-4-7-2-1-3-10(7)5-8(12)6-11/h7-8,11-12H,1-6,9H2. The highest BCUT2D eigenvalue weighted by molar-refractivity contribution is 4.81. The van der Waals surface area contributed by atoms with Gasteiger partial charge in [0.15, 0.2) is 0 Å². The van der Waals surface area contributed by atoms with Crippen LogP contribution in [0.4, 0.5) is 0 Å². The Morgan fingerprint density at radius 2 is 2.33 bits per heavy atom. The average molecular weight is 174 g/mol. The van der Waals surface area contributed by atoms with Crippen LogP contribution in [0.2, 0.25) is 0 Å². The molecule has 0 aromatic rings. The zero-order valence-electron chi connectivity index (χ0n) is 7.32. The number of hydrogen-bond donors (Lipinski definition) is 3. The second kappa shape index (κ2) is 4.77. The first-order valence-electron chi connectivity index (χ1n) is 4.51. The molecule has 72 valence electrons. The van der Waals surface area contributed by atoms with Gasteiger partial charge in [0.05, 0.1) is 12.7 Å². The van der Waals surface area contributed by atoms with E-state index in [1.165, 1.54) is 0 Å². The van der Waals surface area contributed by atoms with Crippen LogP contribution in [-0.2, 0) is 0 Å². The summed E-state index contributed by atoms with van der Waals surface area (Å²) in [7, 11) is 0. The van der Waals surface area contributed by atoms with Crippen LogP contribution >= 0.6 is 0 Å². The summed E-state index contributed by atoms with van der Waals surface area (Å²) in [5.41, 5.74) is 5.56. The lowest BCUT2D eigenvalue weighted by Crippen LogP contribution is -2.41. The largest absolute Gasteiger partial charge is 0.394 e. The van der Waals surface area contributed by atoms with Crippen LogP contribution in [-0.4, -0.2) is 53.5 Å². The van der Waals surface area contributed by atoms with Crippen LogP contribution in [0.3, 0.4) is 0 Å². The van der Waals surface area contributed by atoms with Crippen molar-refractivity contribution in [2.75, 3.05) is 26.2 Å². The molecule has 4 nitrogen and oxygen atoms in total. The van der Waals surface area contributed by atoms with E-state index in [0.29, 0.717) is 19.1 Å². The predicted molar refractivity (Wildman–Crippen MR) is 46.7 cm³/mol. The van der Waals surface area contributed by atoms with Gasteiger partial charge in [-0.2, -0.15) is 0 Å². The van der Waals surface area contributed by atoms with Gasteiger partial charge in [-0.1, -0.05) is 0 Å². The number of hydrogen-bond acceptors (Lipinski definition) is 4. The molecule has 0 spiro atoms. The molecule has 4 heteroatoms. The highest BCUT2D eigenvalue weighted by Gasteiger charge is 2.24. The van der Waals surface area contributed by atoms with Crippen molar-refractivity contribution >= 4 is 0 Å². The number of β-amino-alcohol motifs (C(OH)–C–C–N with tert-alkyl or cyclic N) is 1. The van der Waals surface area contributed by atoms with Gasteiger partial charge in [-0.05, 0) is 19.4 Å². The summed E-state index contributed by atoms with van der Waals surface area (Å²) in [4.78, 5) is 2.15. The fraction of sp³-hybridized carbons (Fsp3) is 1.00. The van der Waals surface area contributed by atoms with Crippen molar-refractivity contribution in [2.24, 2.45) is 5.73 Å². The second-order valence-electron chi connectivity index (χ2n) is 3.36. The monoisotopic (exact) mass is 174 g/mol. The highest BCUT2D eigenvalue weighted by atomic mass is 16.3. The molecule has 1 heterocycles. The van der Waals surface area contributed by atoms with Gasteiger partial charge in [0.25, 0.3) is 0 Å². The minimum absolute atomic E-state index is 0.159. The molecule has 1 rings (SSSR count). The molecule has 0 aromatic carbocycles. The Hall–Kier alpha value is -0.160. The molecule has 1 aliphatic heterocycles. The smallest absolute Gasteiger partial charge is 0.0897 e. The number of likely N-dealkylation sites (tertiary alicyclic amines) is 1. The van der Waals surface area contributed by atoms with E-state index < -0.39 is 6.10 Å². The topological polar surface area (TPSA) is 69.7 Å². The van der Waals surface area contributed by atoms with E-state index >= 15 is 0 Å². The van der Waals surface area contributed by atoms with Crippen LogP contribution < -0.4 is 5.73 Å². The summed E-state index contributed by atoms with van der Waals surface area (Å²) in [5.74, 6) is 0. The van der Waals surface area contributed by atoms with Gasteiger partial charge in [0.2, 0.25) is 0 Å². The minimum atomic E-state index is -0.614. The van der Waals surface area contributed by atoms with E-state index in [4.69, 9.17) is 10.8 Å². The molecule has 0 aliphatic carbocycles. The first-order valence-corrected chi connectivity index (χ1v) is 4.51. The maximum Gasteiger partial charge on any atom is 0.0897 e. The maximum absolute atomic E-state index is 9.20. The Morgan fingerprint density at radius 3 is 2.92 bits per heavy atom. The lowest BCUT2D eigenvalue weighted by Gasteiger charge is -2.24. The Balaban J connectivity index is 2.30. The van der Waals surface area contributed by atoms with Gasteiger partial charge in [-0.15, -0.1) is 0 Å². The van der Waals surface area contributed by atoms with Crippen molar-refractivity contribution in [1.29, 1.82) is 0 Å². The molecule has 0 saturated carbocycles. The molecular weight excluding hydrogens is 156 g/mol. The number of aliphatic hydroxyl groups excluding tert-OH is 2. The van der Waals surface area contributed by atoms with Crippen molar-refractivity contribution < 1.29 is 10.2 Å². The van der Waals surface area contributed by atoms with Gasteiger partial charge in [0, 0.05) is 19.1 Å². The lowest BCUT2D eigenvalue weighted by molar-refractivity contribution is 0.0562. The molecule has 0 aromatic heterocycles. The Bertz CT molecular complexity index is 132. The molecule has 4 N–H and O–H groups in total. The van der Waals surface area contributed by atoms with Crippen molar-refractivity contribution in [2.45, 2.75) is 25.0 Å². The third kappa shape index (κ3) is 2.42. The van der Waals surface area contributed by atoms with E-state index in [-0.39, 0.29) is 6.61 Å². The second-order valence-corrected chi connectivity index (χ2v) is 3.36. The lowest BCUT2D eigenvalue weighted by atomic mass is 10.2. The molecule has 2 unspecified atom stereocenters. The van der Waals surface area contributed by atoms with Crippen LogP contribution in [0.1, 0.15) is 12.8 Å². The SMILES string of the molecule is NCC1CCCN1CC(O)CO. The average Bonchev–Trinajstić information content (AvgIpc) is 2.51. The van der Waals surface area contributed by atoms with Gasteiger partial charge >= 0.3 is 0 Å². The third-order valence-corrected chi connectivity index (χ3v) is 2.43. The van der Waals surface area contributed by atoms with Crippen molar-refractivity contribution in [3.8, 4) is 0 Å². The molecule has 2 atom stereocenters. The summed E-state index contributed by atoms with van der Waals surface area (Å²) in [6.07, 6.45) is 1.66. The summed E-state index contributed by atoms with van der Waals surface area (Å²) in [5, 5.41) is 17.8. The Morgan fingerprint density at radius 1 is 1.58 bits per heavy atom. The zero-order valence-corrected chi connectivity index (χ0v) is 7.32. The summed E-state index contributed by atoms with van der Waals surface area (Å²) in [6.45, 7) is 2.04. The fourth-order valence-electron chi connectivity index (χ4n) is 1.73. The number of nitrogens with two attached hydrogens (primary N) is 1. The van der Waals surface area contributed by atoms with E-state index in [0.717, 1.165) is 19.4 Å². The highest BCUT2D eigenvalue weighted by Crippen LogP contribution is 2.15. The predicted octanol–water partition coefficient (Wildman–Crippen LogP) is -1.24. The fourth-order valence-corrected chi connectivity index (χ4v) is 1.73. The number of nitrogens with zero attached hydrogens (tertiary/aromatic N) is 1. The molecule has 0 bridgehead atoms. The molecule has 1 fully saturated rings. The molecule has 1 aliphatic rings. The normalized spacial score (nSPS) is 27.8. The Kier molecular flexibility index (Phi) is 3.94. The molecule has 1 saturated heterocycles. The first-order chi connectivity index (χ1) is 5.77. The third-order valence-electron chi connectivity index (χ3n) is 2.43. The van der Waals surface area contributed by atoms with Crippen molar-refractivity contribution in [3.05, 3.63) is 0 Å². The molecule has 0 radical (unpaired) electrons. The van der Waals surface area contributed by atoms with Crippen LogP contribution in [0.15, 0.2) is 0 Å². The quantitative estimate of drug-likeness (QED) is 0.499. The van der Waals surface area contributed by atoms with Crippen LogP contribution in [0.5, 0.6) is 0 Å². The maximum atomic E-state index is 9.20. The zero-order chi connectivity index (χ0) is 8.97. The van der Waals surface area contributed by atoms with Gasteiger partial charge in [-0.25, -0.2) is 0 Å². The van der Waals surface area contributed by atoms with E-state index in [9.17, 15) is 5.11 Å². The van der Waals surface area contributed by atoms with Crippen molar-refractivity contribution in [1.82, 2.24) is 4.90 Å². The molecule has 12 heavy (non-hydrogen) atoms. The minimum Gasteiger partial charge on any atom is -0.394 e. The van der Waals surface area contributed by atoms with Gasteiger partial charge in [-0.3, -0.25) is 4.90 Å². The first kappa shape index (κ1) is 9.92. The summed E-state index contributed by atoms with van der Waals surface area (Å²) in [6, 6.07) is 0.409. The Labute approximate surface area is 73.0 Å². The van der Waals surface area contributed by atoms with E-state index in [2.05, 4.69) is 4.90 Å². The van der Waals surface area contributed by atoms with Crippen molar-refractivity contribution in [3.63, 3.8) is 0 Å². The molecule has 0 amide bonds. The van der Waals surface area contributed by atoms with Crippen LogP contribution in [0.25, 0.3) is 0 Å². The summed E-state index contributed by atoms with van der Waals surface area (Å²) < 4.78 is 0. The van der Waals surface area contributed by atoms with Gasteiger partial charge < -0.3 is 15.9 Å². The number of aliphatic hydroxyl groups is 2.